The Kier molecular flexibility index (Phi) is 6.60. The molecule has 168 valence electrons. The molecule has 1 heterocycles. The second-order valence-electron chi connectivity index (χ2n) is 7.67. The van der Waals surface area contributed by atoms with Crippen molar-refractivity contribution < 1.29 is 17.9 Å². The van der Waals surface area contributed by atoms with E-state index in [9.17, 15) is 13.2 Å². The second-order valence-corrected chi connectivity index (χ2v) is 8.10. The van der Waals surface area contributed by atoms with E-state index in [1.54, 1.807) is 30.3 Å². The van der Waals surface area contributed by atoms with E-state index in [1.165, 1.54) is 12.1 Å². The van der Waals surface area contributed by atoms with Crippen LogP contribution in [0.15, 0.2) is 72.8 Å². The third-order valence-electron chi connectivity index (χ3n) is 5.42. The lowest BCUT2D eigenvalue weighted by Gasteiger charge is -2.27. The number of benzene rings is 3. The second kappa shape index (κ2) is 9.40. The standard InChI is InChI=1S/C24H23ClF3N3O/c25-19-4-8-21(9-5-19)32-22-10-6-20(7-11-22)31-16-30(13-12-29)15-23(31)17-2-1-3-18(14-17)24(26,27)28/h1-11,14,23H,12-13,15-16,29H2. The summed E-state index contributed by atoms with van der Waals surface area (Å²) < 4.78 is 45.6. The molecule has 8 heteroatoms. The quantitative estimate of drug-likeness (QED) is 0.494. The zero-order valence-electron chi connectivity index (χ0n) is 17.2. The topological polar surface area (TPSA) is 41.7 Å². The summed E-state index contributed by atoms with van der Waals surface area (Å²) >= 11 is 5.91. The van der Waals surface area contributed by atoms with E-state index in [4.69, 9.17) is 22.1 Å². The summed E-state index contributed by atoms with van der Waals surface area (Å²) in [5, 5.41) is 0.629. The molecule has 3 aromatic rings. The molecule has 1 saturated heterocycles. The molecular weight excluding hydrogens is 439 g/mol. The van der Waals surface area contributed by atoms with Crippen LogP contribution in [-0.2, 0) is 6.18 Å². The van der Waals surface area contributed by atoms with Gasteiger partial charge in [-0.2, -0.15) is 13.2 Å². The van der Waals surface area contributed by atoms with Crippen LogP contribution in [0.25, 0.3) is 0 Å². The summed E-state index contributed by atoms with van der Waals surface area (Å²) in [5.41, 5.74) is 6.61. The lowest BCUT2D eigenvalue weighted by molar-refractivity contribution is -0.137. The van der Waals surface area contributed by atoms with Crippen molar-refractivity contribution >= 4 is 17.3 Å². The van der Waals surface area contributed by atoms with Gasteiger partial charge in [0.2, 0.25) is 0 Å². The summed E-state index contributed by atoms with van der Waals surface area (Å²) in [6.07, 6.45) is -4.38. The van der Waals surface area contributed by atoms with E-state index < -0.39 is 11.7 Å². The maximum Gasteiger partial charge on any atom is 0.416 e. The third kappa shape index (κ3) is 5.18. The Labute approximate surface area is 190 Å². The fourth-order valence-electron chi connectivity index (χ4n) is 3.87. The molecule has 1 aliphatic rings. The highest BCUT2D eigenvalue weighted by Crippen LogP contribution is 2.37. The van der Waals surface area contributed by atoms with Crippen LogP contribution < -0.4 is 15.4 Å². The molecule has 3 aromatic carbocycles. The number of nitrogens with two attached hydrogens (primary N) is 1. The first-order valence-electron chi connectivity index (χ1n) is 10.2. The highest BCUT2D eigenvalue weighted by Gasteiger charge is 2.34. The molecule has 0 aliphatic carbocycles. The van der Waals surface area contributed by atoms with Gasteiger partial charge in [0.15, 0.2) is 0 Å². The predicted octanol–water partition coefficient (Wildman–Crippen LogP) is 5.93. The minimum Gasteiger partial charge on any atom is -0.457 e. The number of rotatable bonds is 6. The average Bonchev–Trinajstić information content (AvgIpc) is 3.20. The van der Waals surface area contributed by atoms with Crippen molar-refractivity contribution in [2.24, 2.45) is 5.73 Å². The van der Waals surface area contributed by atoms with Crippen molar-refractivity contribution in [2.75, 3.05) is 31.2 Å². The SMILES string of the molecule is NCCN1CC(c2cccc(C(F)(F)F)c2)N(c2ccc(Oc3ccc(Cl)cc3)cc2)C1. The van der Waals surface area contributed by atoms with E-state index in [0.717, 1.165) is 11.8 Å². The minimum atomic E-state index is -4.38. The molecule has 1 unspecified atom stereocenters. The maximum absolute atomic E-state index is 13.3. The van der Waals surface area contributed by atoms with Gasteiger partial charge in [0.05, 0.1) is 18.3 Å². The van der Waals surface area contributed by atoms with Crippen molar-refractivity contribution in [3.05, 3.63) is 88.9 Å². The van der Waals surface area contributed by atoms with Gasteiger partial charge in [-0.05, 0) is 66.2 Å². The maximum atomic E-state index is 13.3. The molecule has 4 rings (SSSR count). The van der Waals surface area contributed by atoms with Crippen LogP contribution in [-0.4, -0.2) is 31.2 Å². The van der Waals surface area contributed by atoms with E-state index >= 15 is 0 Å². The monoisotopic (exact) mass is 461 g/mol. The van der Waals surface area contributed by atoms with Gasteiger partial charge in [0.1, 0.15) is 11.5 Å². The number of nitrogens with zero attached hydrogens (tertiary/aromatic N) is 2. The molecule has 0 aromatic heterocycles. The zero-order chi connectivity index (χ0) is 22.7. The third-order valence-corrected chi connectivity index (χ3v) is 5.67. The van der Waals surface area contributed by atoms with Gasteiger partial charge in [-0.3, -0.25) is 4.90 Å². The van der Waals surface area contributed by atoms with Crippen molar-refractivity contribution in [3.63, 3.8) is 0 Å². The van der Waals surface area contributed by atoms with Crippen LogP contribution in [0, 0.1) is 0 Å². The van der Waals surface area contributed by atoms with Gasteiger partial charge in [0, 0.05) is 30.3 Å². The van der Waals surface area contributed by atoms with Crippen molar-refractivity contribution in [2.45, 2.75) is 12.2 Å². The average molecular weight is 462 g/mol. The van der Waals surface area contributed by atoms with Gasteiger partial charge in [-0.1, -0.05) is 23.7 Å². The fraction of sp³-hybridized carbons (Fsp3) is 0.250. The van der Waals surface area contributed by atoms with Crippen LogP contribution in [0.3, 0.4) is 0 Å². The summed E-state index contributed by atoms with van der Waals surface area (Å²) in [6, 6.07) is 19.9. The number of anilines is 1. The number of alkyl halides is 3. The van der Waals surface area contributed by atoms with Gasteiger partial charge >= 0.3 is 6.18 Å². The molecule has 1 fully saturated rings. The summed E-state index contributed by atoms with van der Waals surface area (Å²) in [5.74, 6) is 1.32. The first-order valence-corrected chi connectivity index (χ1v) is 10.6. The minimum absolute atomic E-state index is 0.216. The van der Waals surface area contributed by atoms with Gasteiger partial charge < -0.3 is 15.4 Å². The summed E-state index contributed by atoms with van der Waals surface area (Å²) in [7, 11) is 0. The smallest absolute Gasteiger partial charge is 0.416 e. The fourth-order valence-corrected chi connectivity index (χ4v) is 4.00. The Morgan fingerprint density at radius 1 is 0.969 bits per heavy atom. The number of hydrogen-bond acceptors (Lipinski definition) is 4. The molecule has 0 spiro atoms. The Morgan fingerprint density at radius 3 is 2.25 bits per heavy atom. The molecule has 0 amide bonds. The Bertz CT molecular complexity index is 1040. The van der Waals surface area contributed by atoms with Gasteiger partial charge in [-0.25, -0.2) is 0 Å². The van der Waals surface area contributed by atoms with E-state index in [2.05, 4.69) is 9.80 Å². The first kappa shape index (κ1) is 22.5. The summed E-state index contributed by atoms with van der Waals surface area (Å²) in [6.45, 7) is 2.33. The molecule has 32 heavy (non-hydrogen) atoms. The molecule has 1 aliphatic heterocycles. The van der Waals surface area contributed by atoms with Crippen molar-refractivity contribution in [3.8, 4) is 11.5 Å². The van der Waals surface area contributed by atoms with Crippen LogP contribution in [0.2, 0.25) is 5.02 Å². The first-order chi connectivity index (χ1) is 15.3. The van der Waals surface area contributed by atoms with E-state index in [-0.39, 0.29) is 6.04 Å². The molecule has 4 nitrogen and oxygen atoms in total. The van der Waals surface area contributed by atoms with Crippen molar-refractivity contribution in [1.29, 1.82) is 0 Å². The Balaban J connectivity index is 1.57. The molecule has 0 radical (unpaired) electrons. The van der Waals surface area contributed by atoms with Crippen LogP contribution in [0.5, 0.6) is 11.5 Å². The van der Waals surface area contributed by atoms with E-state index in [1.807, 2.05) is 24.3 Å². The Hall–Kier alpha value is -2.74. The van der Waals surface area contributed by atoms with Crippen LogP contribution in [0.4, 0.5) is 18.9 Å². The normalized spacial score (nSPS) is 17.0. The highest BCUT2D eigenvalue weighted by molar-refractivity contribution is 6.30. The number of hydrogen-bond donors (Lipinski definition) is 1. The number of ether oxygens (including phenoxy) is 1. The molecular formula is C24H23ClF3N3O. The number of halogens is 4. The summed E-state index contributed by atoms with van der Waals surface area (Å²) in [4.78, 5) is 4.24. The van der Waals surface area contributed by atoms with E-state index in [0.29, 0.717) is 48.4 Å². The van der Waals surface area contributed by atoms with Gasteiger partial charge in [0.25, 0.3) is 0 Å². The Morgan fingerprint density at radius 2 is 1.62 bits per heavy atom. The largest absolute Gasteiger partial charge is 0.457 e. The van der Waals surface area contributed by atoms with Crippen molar-refractivity contribution in [1.82, 2.24) is 4.90 Å². The highest BCUT2D eigenvalue weighted by atomic mass is 35.5. The molecule has 0 bridgehead atoms. The van der Waals surface area contributed by atoms with Gasteiger partial charge in [-0.15, -0.1) is 0 Å². The molecule has 2 N–H and O–H groups in total. The van der Waals surface area contributed by atoms with Crippen LogP contribution >= 0.6 is 11.6 Å². The molecule has 0 saturated carbocycles. The lowest BCUT2D eigenvalue weighted by atomic mass is 10.0. The van der Waals surface area contributed by atoms with Crippen LogP contribution in [0.1, 0.15) is 17.2 Å². The predicted molar refractivity (Wildman–Crippen MR) is 120 cm³/mol. The zero-order valence-corrected chi connectivity index (χ0v) is 18.0. The molecule has 1 atom stereocenters. The lowest BCUT2D eigenvalue weighted by Crippen LogP contribution is -2.29.